The SMILES string of the molecule is C=C1[C@@H](OC(C)=O)C[C@H]2C(C)(C)C[C@H](Cl)C[C@]2(C)[C@H]1C[C@H](O)[C@H]1CC(=O)NC1=O. The van der Waals surface area contributed by atoms with Gasteiger partial charge in [-0.05, 0) is 53.9 Å². The number of hydrogen-bond donors (Lipinski definition) is 2. The summed E-state index contributed by atoms with van der Waals surface area (Å²) >= 11 is 6.66. The molecule has 2 aliphatic carbocycles. The molecule has 2 N–H and O–H groups in total. The molecule has 162 valence electrons. The van der Waals surface area contributed by atoms with Crippen LogP contribution in [0.5, 0.6) is 0 Å². The number of amides is 2. The standard InChI is InChI=1S/C22H32ClNO5/c1-11-15(7-16(26)14-6-19(27)24-20(14)28)22(5)10-13(23)9-21(3,4)18(22)8-17(11)29-12(2)25/h13-18,26H,1,6-10H2,2-5H3,(H,24,27,28)/t13-,14+,15-,16-,17-,18-,22+/m0/s1. The van der Waals surface area contributed by atoms with Gasteiger partial charge in [0.05, 0.1) is 12.0 Å². The number of esters is 1. The fourth-order valence-electron chi connectivity index (χ4n) is 6.32. The van der Waals surface area contributed by atoms with Gasteiger partial charge in [0.15, 0.2) is 0 Å². The second-order valence-corrected chi connectivity index (χ2v) is 10.7. The Morgan fingerprint density at radius 1 is 1.34 bits per heavy atom. The van der Waals surface area contributed by atoms with E-state index in [-0.39, 0.29) is 52.8 Å². The van der Waals surface area contributed by atoms with E-state index in [0.29, 0.717) is 6.42 Å². The monoisotopic (exact) mass is 425 g/mol. The molecule has 29 heavy (non-hydrogen) atoms. The highest BCUT2D eigenvalue weighted by Crippen LogP contribution is 2.63. The van der Waals surface area contributed by atoms with Gasteiger partial charge >= 0.3 is 5.97 Å². The summed E-state index contributed by atoms with van der Waals surface area (Å²) < 4.78 is 5.61. The van der Waals surface area contributed by atoms with Gasteiger partial charge in [-0.15, -0.1) is 11.6 Å². The Labute approximate surface area is 177 Å². The van der Waals surface area contributed by atoms with E-state index >= 15 is 0 Å². The van der Waals surface area contributed by atoms with Crippen molar-refractivity contribution in [2.45, 2.75) is 77.4 Å². The molecule has 0 aromatic carbocycles. The van der Waals surface area contributed by atoms with E-state index in [2.05, 4.69) is 32.7 Å². The van der Waals surface area contributed by atoms with Gasteiger partial charge in [0, 0.05) is 18.7 Å². The summed E-state index contributed by atoms with van der Waals surface area (Å²) in [5.41, 5.74) is 0.453. The fourth-order valence-corrected chi connectivity index (χ4v) is 7.05. The van der Waals surface area contributed by atoms with Crippen molar-refractivity contribution in [3.63, 3.8) is 0 Å². The summed E-state index contributed by atoms with van der Waals surface area (Å²) in [4.78, 5) is 35.4. The number of ether oxygens (including phenoxy) is 1. The molecule has 1 heterocycles. The minimum absolute atomic E-state index is 0.000301. The van der Waals surface area contributed by atoms with Crippen molar-refractivity contribution in [2.24, 2.45) is 28.6 Å². The van der Waals surface area contributed by atoms with Crippen LogP contribution in [0.15, 0.2) is 12.2 Å². The molecule has 0 radical (unpaired) electrons. The number of carbonyl (C=O) groups is 3. The van der Waals surface area contributed by atoms with Crippen molar-refractivity contribution in [1.82, 2.24) is 5.32 Å². The third-order valence-corrected chi connectivity index (χ3v) is 7.82. The molecule has 0 bridgehead atoms. The molecule has 7 heteroatoms. The average Bonchev–Trinajstić information content (AvgIpc) is 2.90. The van der Waals surface area contributed by atoms with Crippen molar-refractivity contribution in [1.29, 1.82) is 0 Å². The Kier molecular flexibility index (Phi) is 5.91. The first-order valence-electron chi connectivity index (χ1n) is 10.4. The molecule has 2 amide bonds. The van der Waals surface area contributed by atoms with E-state index in [0.717, 1.165) is 18.4 Å². The lowest BCUT2D eigenvalue weighted by atomic mass is 9.46. The quantitative estimate of drug-likeness (QED) is 0.312. The first kappa shape index (κ1) is 22.3. The van der Waals surface area contributed by atoms with E-state index in [1.807, 2.05) is 0 Å². The summed E-state index contributed by atoms with van der Waals surface area (Å²) in [7, 11) is 0. The van der Waals surface area contributed by atoms with Gasteiger partial charge in [-0.25, -0.2) is 0 Å². The van der Waals surface area contributed by atoms with Crippen LogP contribution in [-0.2, 0) is 19.1 Å². The van der Waals surface area contributed by atoms with Crippen LogP contribution in [0.3, 0.4) is 0 Å². The lowest BCUT2D eigenvalue weighted by Gasteiger charge is -2.60. The molecule has 0 spiro atoms. The highest BCUT2D eigenvalue weighted by molar-refractivity contribution is 6.20. The largest absolute Gasteiger partial charge is 0.458 e. The van der Waals surface area contributed by atoms with Crippen LogP contribution in [0.1, 0.15) is 59.8 Å². The van der Waals surface area contributed by atoms with Crippen LogP contribution >= 0.6 is 11.6 Å². The molecule has 0 unspecified atom stereocenters. The maximum atomic E-state index is 12.1. The summed E-state index contributed by atoms with van der Waals surface area (Å²) in [5, 5.41) is 13.1. The van der Waals surface area contributed by atoms with Crippen LogP contribution < -0.4 is 5.32 Å². The maximum absolute atomic E-state index is 12.1. The van der Waals surface area contributed by atoms with Crippen molar-refractivity contribution in [3.05, 3.63) is 12.2 Å². The van der Waals surface area contributed by atoms with Crippen LogP contribution in [0, 0.1) is 28.6 Å². The number of alkyl halides is 1. The van der Waals surface area contributed by atoms with Crippen molar-refractivity contribution in [2.75, 3.05) is 0 Å². The molecular weight excluding hydrogens is 394 g/mol. The number of rotatable bonds is 4. The minimum Gasteiger partial charge on any atom is -0.458 e. The highest BCUT2D eigenvalue weighted by Gasteiger charge is 2.58. The number of nitrogens with one attached hydrogen (secondary N) is 1. The van der Waals surface area contributed by atoms with E-state index in [1.54, 1.807) is 0 Å². The van der Waals surface area contributed by atoms with Crippen molar-refractivity contribution >= 4 is 29.4 Å². The Morgan fingerprint density at radius 3 is 2.55 bits per heavy atom. The number of halogens is 1. The number of carbonyl (C=O) groups excluding carboxylic acids is 3. The topological polar surface area (TPSA) is 92.7 Å². The lowest BCUT2D eigenvalue weighted by molar-refractivity contribution is -0.154. The third-order valence-electron chi connectivity index (χ3n) is 7.51. The Morgan fingerprint density at radius 2 is 2.00 bits per heavy atom. The first-order chi connectivity index (χ1) is 13.3. The van der Waals surface area contributed by atoms with Gasteiger partial charge in [-0.3, -0.25) is 19.7 Å². The molecule has 7 atom stereocenters. The third kappa shape index (κ3) is 4.11. The highest BCUT2D eigenvalue weighted by atomic mass is 35.5. The fraction of sp³-hybridized carbons (Fsp3) is 0.773. The zero-order valence-electron chi connectivity index (χ0n) is 17.7. The Bertz CT molecular complexity index is 735. The number of imide groups is 1. The summed E-state index contributed by atoms with van der Waals surface area (Å²) in [6.07, 6.45) is 1.19. The van der Waals surface area contributed by atoms with Gasteiger partial charge in [-0.1, -0.05) is 27.4 Å². The molecule has 1 aliphatic heterocycles. The Hall–Kier alpha value is -1.40. The van der Waals surface area contributed by atoms with E-state index in [4.69, 9.17) is 16.3 Å². The normalized spacial score (nSPS) is 40.2. The number of fused-ring (bicyclic) bond motifs is 1. The lowest BCUT2D eigenvalue weighted by Crippen LogP contribution is -2.56. The second-order valence-electron chi connectivity index (χ2n) is 10.0. The Balaban J connectivity index is 1.93. The van der Waals surface area contributed by atoms with E-state index in [9.17, 15) is 19.5 Å². The number of aliphatic hydroxyl groups is 1. The summed E-state index contributed by atoms with van der Waals surface area (Å²) in [6.45, 7) is 12.2. The number of aliphatic hydroxyl groups excluding tert-OH is 1. The summed E-state index contributed by atoms with van der Waals surface area (Å²) in [6, 6.07) is 0. The average molecular weight is 426 g/mol. The van der Waals surface area contributed by atoms with Gasteiger partial charge in [-0.2, -0.15) is 0 Å². The molecule has 3 aliphatic rings. The summed E-state index contributed by atoms with van der Waals surface area (Å²) in [5.74, 6) is -1.86. The number of hydrogen-bond acceptors (Lipinski definition) is 5. The van der Waals surface area contributed by atoms with Crippen LogP contribution in [0.4, 0.5) is 0 Å². The van der Waals surface area contributed by atoms with Gasteiger partial charge in [0.2, 0.25) is 11.8 Å². The molecule has 0 aromatic heterocycles. The van der Waals surface area contributed by atoms with Gasteiger partial charge in [0.1, 0.15) is 6.10 Å². The van der Waals surface area contributed by atoms with Gasteiger partial charge < -0.3 is 9.84 Å². The molecule has 3 fully saturated rings. The van der Waals surface area contributed by atoms with Crippen molar-refractivity contribution < 1.29 is 24.2 Å². The zero-order valence-corrected chi connectivity index (χ0v) is 18.4. The smallest absolute Gasteiger partial charge is 0.303 e. The van der Waals surface area contributed by atoms with Crippen molar-refractivity contribution in [3.8, 4) is 0 Å². The van der Waals surface area contributed by atoms with E-state index in [1.165, 1.54) is 6.92 Å². The van der Waals surface area contributed by atoms with Crippen LogP contribution in [-0.4, -0.2) is 40.5 Å². The second kappa shape index (κ2) is 7.69. The van der Waals surface area contributed by atoms with Crippen LogP contribution in [0.25, 0.3) is 0 Å². The molecule has 1 saturated heterocycles. The predicted molar refractivity (Wildman–Crippen MR) is 109 cm³/mol. The zero-order chi connectivity index (χ0) is 21.7. The first-order valence-corrected chi connectivity index (χ1v) is 10.8. The minimum atomic E-state index is -0.976. The molecule has 2 saturated carbocycles. The molecular formula is C22H32ClNO5. The van der Waals surface area contributed by atoms with Gasteiger partial charge in [0.25, 0.3) is 0 Å². The van der Waals surface area contributed by atoms with Crippen LogP contribution in [0.2, 0.25) is 0 Å². The predicted octanol–water partition coefficient (Wildman–Crippen LogP) is 2.96. The molecule has 6 nitrogen and oxygen atoms in total. The van der Waals surface area contributed by atoms with E-state index < -0.39 is 24.0 Å². The maximum Gasteiger partial charge on any atom is 0.303 e. The molecule has 3 rings (SSSR count). The molecule has 0 aromatic rings.